The highest BCUT2D eigenvalue weighted by molar-refractivity contribution is 6.31. The van der Waals surface area contributed by atoms with E-state index in [0.717, 1.165) is 11.1 Å². The molecule has 0 saturated heterocycles. The minimum atomic E-state index is -0.883. The molecule has 1 N–H and O–H groups in total. The van der Waals surface area contributed by atoms with E-state index in [9.17, 15) is 13.9 Å². The van der Waals surface area contributed by atoms with E-state index in [2.05, 4.69) is 0 Å². The fourth-order valence-electron chi connectivity index (χ4n) is 2.43. The zero-order valence-corrected chi connectivity index (χ0v) is 14.0. The Labute approximate surface area is 139 Å². The number of ether oxygens (including phenoxy) is 1. The molecular weight excluding hydrogens is 322 g/mol. The van der Waals surface area contributed by atoms with Crippen molar-refractivity contribution in [2.24, 2.45) is 0 Å². The van der Waals surface area contributed by atoms with E-state index >= 15 is 0 Å². The third kappa shape index (κ3) is 3.75. The van der Waals surface area contributed by atoms with Crippen LogP contribution in [0, 0.1) is 11.6 Å². The summed E-state index contributed by atoms with van der Waals surface area (Å²) in [6.45, 7) is 5.72. The van der Waals surface area contributed by atoms with Crippen LogP contribution in [0.4, 0.5) is 8.78 Å². The monoisotopic (exact) mass is 340 g/mol. The van der Waals surface area contributed by atoms with Crippen molar-refractivity contribution in [1.82, 2.24) is 0 Å². The standard InChI is InChI=1S/C18H19ClF2O2/c1-4-23-18-14(20)9-12(16(19)17(18)21)7-11-5-6-15(22)13(8-11)10(2)3/h5-6,8-10,22H,4,7H2,1-3H3. The van der Waals surface area contributed by atoms with Gasteiger partial charge < -0.3 is 9.84 Å². The third-order valence-corrected chi connectivity index (χ3v) is 4.00. The molecule has 5 heteroatoms. The lowest BCUT2D eigenvalue weighted by atomic mass is 9.96. The van der Waals surface area contributed by atoms with Crippen molar-refractivity contribution in [1.29, 1.82) is 0 Å². The molecule has 2 aromatic rings. The van der Waals surface area contributed by atoms with Crippen molar-refractivity contribution in [2.45, 2.75) is 33.1 Å². The molecule has 0 radical (unpaired) electrons. The number of rotatable bonds is 5. The maximum absolute atomic E-state index is 14.1. The van der Waals surface area contributed by atoms with Crippen LogP contribution in [0.1, 0.15) is 43.4 Å². The second kappa shape index (κ2) is 7.18. The minimum absolute atomic E-state index is 0.138. The maximum Gasteiger partial charge on any atom is 0.192 e. The molecule has 0 aliphatic heterocycles. The Kier molecular flexibility index (Phi) is 5.47. The zero-order chi connectivity index (χ0) is 17.1. The van der Waals surface area contributed by atoms with Crippen LogP contribution in [-0.4, -0.2) is 11.7 Å². The summed E-state index contributed by atoms with van der Waals surface area (Å²) in [4.78, 5) is 0. The molecule has 0 aromatic heterocycles. The Hall–Kier alpha value is -1.81. The molecule has 0 heterocycles. The third-order valence-electron chi connectivity index (χ3n) is 3.59. The molecule has 0 aliphatic rings. The van der Waals surface area contributed by atoms with Crippen molar-refractivity contribution in [3.8, 4) is 11.5 Å². The minimum Gasteiger partial charge on any atom is -0.508 e. The number of hydrogen-bond donors (Lipinski definition) is 1. The van der Waals surface area contributed by atoms with Crippen LogP contribution >= 0.6 is 11.6 Å². The molecule has 2 rings (SSSR count). The second-order valence-corrected chi connectivity index (χ2v) is 6.01. The lowest BCUT2D eigenvalue weighted by Crippen LogP contribution is -2.02. The smallest absolute Gasteiger partial charge is 0.192 e. The Morgan fingerprint density at radius 1 is 1.22 bits per heavy atom. The zero-order valence-electron chi connectivity index (χ0n) is 13.3. The van der Waals surface area contributed by atoms with Gasteiger partial charge in [-0.1, -0.05) is 37.6 Å². The largest absolute Gasteiger partial charge is 0.508 e. The highest BCUT2D eigenvalue weighted by Gasteiger charge is 2.19. The molecule has 124 valence electrons. The quantitative estimate of drug-likeness (QED) is 0.735. The average Bonchev–Trinajstić information content (AvgIpc) is 2.50. The van der Waals surface area contributed by atoms with Crippen LogP contribution in [0.3, 0.4) is 0 Å². The summed E-state index contributed by atoms with van der Waals surface area (Å²) in [6.07, 6.45) is 0.263. The molecule has 0 bridgehead atoms. The van der Waals surface area contributed by atoms with Crippen LogP contribution in [0.15, 0.2) is 24.3 Å². The lowest BCUT2D eigenvalue weighted by Gasteiger charge is -2.13. The molecule has 0 unspecified atom stereocenters. The topological polar surface area (TPSA) is 29.5 Å². The van der Waals surface area contributed by atoms with Crippen molar-refractivity contribution in [3.63, 3.8) is 0 Å². The van der Waals surface area contributed by atoms with Gasteiger partial charge in [0, 0.05) is 0 Å². The van der Waals surface area contributed by atoms with Crippen molar-refractivity contribution in [2.75, 3.05) is 6.61 Å². The number of phenolic OH excluding ortho intramolecular Hbond substituents is 1. The number of benzene rings is 2. The Morgan fingerprint density at radius 2 is 1.91 bits per heavy atom. The van der Waals surface area contributed by atoms with Gasteiger partial charge in [0.15, 0.2) is 17.4 Å². The van der Waals surface area contributed by atoms with E-state index in [1.165, 1.54) is 6.07 Å². The summed E-state index contributed by atoms with van der Waals surface area (Å²) in [5, 5.41) is 9.70. The summed E-state index contributed by atoms with van der Waals surface area (Å²) in [7, 11) is 0. The SMILES string of the molecule is CCOc1c(F)cc(Cc2ccc(O)c(C(C)C)c2)c(Cl)c1F. The first-order valence-electron chi connectivity index (χ1n) is 7.46. The first-order chi connectivity index (χ1) is 10.8. The highest BCUT2D eigenvalue weighted by Crippen LogP contribution is 2.33. The molecule has 23 heavy (non-hydrogen) atoms. The average molecular weight is 341 g/mol. The van der Waals surface area contributed by atoms with Crippen LogP contribution in [-0.2, 0) is 6.42 Å². The van der Waals surface area contributed by atoms with Gasteiger partial charge in [-0.05, 0) is 48.1 Å². The van der Waals surface area contributed by atoms with Gasteiger partial charge in [0.1, 0.15) is 5.75 Å². The first-order valence-corrected chi connectivity index (χ1v) is 7.83. The Balaban J connectivity index is 2.39. The molecule has 2 nitrogen and oxygen atoms in total. The summed E-state index contributed by atoms with van der Waals surface area (Å²) in [5.74, 6) is -1.76. The van der Waals surface area contributed by atoms with Gasteiger partial charge in [-0.2, -0.15) is 0 Å². The van der Waals surface area contributed by atoms with E-state index in [4.69, 9.17) is 16.3 Å². The molecular formula is C18H19ClF2O2. The van der Waals surface area contributed by atoms with Crippen molar-refractivity contribution >= 4 is 11.6 Å². The van der Waals surface area contributed by atoms with Crippen LogP contribution in [0.2, 0.25) is 5.02 Å². The van der Waals surface area contributed by atoms with E-state index in [1.54, 1.807) is 19.1 Å². The number of phenols is 1. The molecule has 0 saturated carbocycles. The van der Waals surface area contributed by atoms with Gasteiger partial charge in [0.2, 0.25) is 0 Å². The predicted octanol–water partition coefficient (Wildman–Crippen LogP) is 5.44. The van der Waals surface area contributed by atoms with E-state index in [-0.39, 0.29) is 29.7 Å². The lowest BCUT2D eigenvalue weighted by molar-refractivity contribution is 0.302. The van der Waals surface area contributed by atoms with Gasteiger partial charge in [-0.3, -0.25) is 0 Å². The van der Waals surface area contributed by atoms with E-state index in [0.29, 0.717) is 5.56 Å². The van der Waals surface area contributed by atoms with Crippen molar-refractivity contribution < 1.29 is 18.6 Å². The van der Waals surface area contributed by atoms with Gasteiger partial charge in [0.25, 0.3) is 0 Å². The predicted molar refractivity (Wildman–Crippen MR) is 87.5 cm³/mol. The molecule has 2 aromatic carbocycles. The fourth-order valence-corrected chi connectivity index (χ4v) is 2.64. The number of hydrogen-bond acceptors (Lipinski definition) is 2. The van der Waals surface area contributed by atoms with Gasteiger partial charge in [-0.15, -0.1) is 0 Å². The van der Waals surface area contributed by atoms with E-state index in [1.807, 2.05) is 19.9 Å². The van der Waals surface area contributed by atoms with Crippen LogP contribution in [0.5, 0.6) is 11.5 Å². The summed E-state index contributed by atoms with van der Waals surface area (Å²) < 4.78 is 33.1. The molecule has 0 aliphatic carbocycles. The summed E-state index contributed by atoms with van der Waals surface area (Å²) in [5.41, 5.74) is 1.94. The fraction of sp³-hybridized carbons (Fsp3) is 0.333. The second-order valence-electron chi connectivity index (χ2n) is 5.63. The maximum atomic E-state index is 14.1. The molecule has 0 spiro atoms. The van der Waals surface area contributed by atoms with Crippen LogP contribution < -0.4 is 4.74 Å². The summed E-state index contributed by atoms with van der Waals surface area (Å²) in [6, 6.07) is 6.31. The van der Waals surface area contributed by atoms with Crippen LogP contribution in [0.25, 0.3) is 0 Å². The molecule has 0 fully saturated rings. The number of halogens is 3. The van der Waals surface area contributed by atoms with Gasteiger partial charge in [0.05, 0.1) is 11.6 Å². The Bertz CT molecular complexity index is 715. The van der Waals surface area contributed by atoms with E-state index < -0.39 is 17.4 Å². The molecule has 0 atom stereocenters. The number of aromatic hydroxyl groups is 1. The first kappa shape index (κ1) is 17.5. The van der Waals surface area contributed by atoms with Gasteiger partial charge in [-0.25, -0.2) is 8.78 Å². The van der Waals surface area contributed by atoms with Crippen molar-refractivity contribution in [3.05, 3.63) is 57.6 Å². The summed E-state index contributed by atoms with van der Waals surface area (Å²) >= 11 is 6.02. The Morgan fingerprint density at radius 3 is 2.52 bits per heavy atom. The molecule has 0 amide bonds. The van der Waals surface area contributed by atoms with Gasteiger partial charge >= 0.3 is 0 Å². The highest BCUT2D eigenvalue weighted by atomic mass is 35.5. The normalized spacial score (nSPS) is 11.1.